The first-order valence-electron chi connectivity index (χ1n) is 10.00. The maximum atomic E-state index is 13.2. The lowest BCUT2D eigenvalue weighted by Crippen LogP contribution is -2.45. The average Bonchev–Trinajstić information content (AvgIpc) is 3.39. The molecule has 2 N–H and O–H groups in total. The Morgan fingerprint density at radius 1 is 1.39 bits per heavy atom. The van der Waals surface area contributed by atoms with E-state index in [9.17, 15) is 9.59 Å². The number of benzene rings is 1. The summed E-state index contributed by atoms with van der Waals surface area (Å²) in [4.78, 5) is 31.1. The number of likely N-dealkylation sites (tertiary alicyclic amines) is 1. The van der Waals surface area contributed by atoms with Crippen molar-refractivity contribution in [2.45, 2.75) is 38.0 Å². The van der Waals surface area contributed by atoms with Crippen LogP contribution in [-0.2, 0) is 20.7 Å². The largest absolute Gasteiger partial charge is 0.361 e. The fourth-order valence-electron chi connectivity index (χ4n) is 5.04. The fraction of sp³-hybridized carbons (Fsp3) is 0.455. The smallest absolute Gasteiger partial charge is 0.230 e. The van der Waals surface area contributed by atoms with Crippen molar-refractivity contribution in [2.24, 2.45) is 11.8 Å². The van der Waals surface area contributed by atoms with Crippen LogP contribution in [0.25, 0.3) is 10.9 Å². The van der Waals surface area contributed by atoms with E-state index in [2.05, 4.69) is 22.4 Å². The van der Waals surface area contributed by atoms with E-state index in [0.717, 1.165) is 11.9 Å². The second kappa shape index (κ2) is 6.21. The van der Waals surface area contributed by atoms with Crippen LogP contribution < -0.4 is 5.32 Å². The van der Waals surface area contributed by atoms with Crippen LogP contribution in [0.15, 0.2) is 42.6 Å². The third-order valence-electron chi connectivity index (χ3n) is 6.24. The van der Waals surface area contributed by atoms with Crippen molar-refractivity contribution >= 4 is 22.7 Å². The maximum absolute atomic E-state index is 13.2. The number of H-pyrrole nitrogens is 1. The second-order valence-electron chi connectivity index (χ2n) is 8.43. The van der Waals surface area contributed by atoms with E-state index < -0.39 is 17.4 Å². The van der Waals surface area contributed by atoms with E-state index >= 15 is 0 Å². The first-order valence-corrected chi connectivity index (χ1v) is 10.00. The topological polar surface area (TPSA) is 74.4 Å². The molecule has 1 spiro atoms. The molecule has 2 bridgehead atoms. The minimum absolute atomic E-state index is 0.0376. The Morgan fingerprint density at radius 3 is 3.04 bits per heavy atom. The highest BCUT2D eigenvalue weighted by Gasteiger charge is 2.66. The van der Waals surface area contributed by atoms with Crippen molar-refractivity contribution < 1.29 is 14.3 Å². The Kier molecular flexibility index (Phi) is 3.88. The summed E-state index contributed by atoms with van der Waals surface area (Å²) in [7, 11) is 0. The molecule has 3 aliphatic rings. The van der Waals surface area contributed by atoms with Crippen molar-refractivity contribution in [1.29, 1.82) is 0 Å². The molecule has 2 fully saturated rings. The summed E-state index contributed by atoms with van der Waals surface area (Å²) in [5.41, 5.74) is 1.67. The molecule has 5 rings (SSSR count). The number of fused-ring (bicyclic) bond motifs is 2. The van der Waals surface area contributed by atoms with Gasteiger partial charge in [-0.2, -0.15) is 0 Å². The van der Waals surface area contributed by atoms with E-state index in [-0.39, 0.29) is 24.0 Å². The van der Waals surface area contributed by atoms with Crippen molar-refractivity contribution in [3.63, 3.8) is 0 Å². The number of nitrogens with zero attached hydrogens (tertiary/aromatic N) is 1. The van der Waals surface area contributed by atoms with Gasteiger partial charge in [-0.1, -0.05) is 30.4 Å². The Balaban J connectivity index is 1.34. The van der Waals surface area contributed by atoms with Gasteiger partial charge in [0, 0.05) is 29.7 Å². The van der Waals surface area contributed by atoms with Gasteiger partial charge < -0.3 is 19.9 Å². The molecule has 0 saturated carbocycles. The minimum Gasteiger partial charge on any atom is -0.361 e. The Bertz CT molecular complexity index is 978. The second-order valence-corrected chi connectivity index (χ2v) is 8.43. The van der Waals surface area contributed by atoms with Gasteiger partial charge in [0.1, 0.15) is 5.60 Å². The quantitative estimate of drug-likeness (QED) is 0.781. The highest BCUT2D eigenvalue weighted by atomic mass is 16.5. The molecule has 28 heavy (non-hydrogen) atoms. The van der Waals surface area contributed by atoms with E-state index in [0.29, 0.717) is 13.1 Å². The number of rotatable bonds is 5. The van der Waals surface area contributed by atoms with Crippen LogP contribution in [0.1, 0.15) is 19.4 Å². The third kappa shape index (κ3) is 2.51. The van der Waals surface area contributed by atoms with Gasteiger partial charge in [-0.15, -0.1) is 0 Å². The highest BCUT2D eigenvalue weighted by Crippen LogP contribution is 2.51. The lowest BCUT2D eigenvalue weighted by molar-refractivity contribution is -0.137. The molecule has 2 saturated heterocycles. The summed E-state index contributed by atoms with van der Waals surface area (Å²) in [6.45, 7) is 5.01. The molecule has 0 aliphatic carbocycles. The Morgan fingerprint density at radius 2 is 2.21 bits per heavy atom. The molecule has 3 aliphatic heterocycles. The predicted molar refractivity (Wildman–Crippen MR) is 106 cm³/mol. The van der Waals surface area contributed by atoms with Gasteiger partial charge in [0.05, 0.1) is 24.5 Å². The van der Waals surface area contributed by atoms with Crippen LogP contribution in [0, 0.1) is 11.8 Å². The lowest BCUT2D eigenvalue weighted by Gasteiger charge is -2.24. The molecule has 1 aromatic carbocycles. The van der Waals surface area contributed by atoms with Gasteiger partial charge in [0.2, 0.25) is 11.8 Å². The van der Waals surface area contributed by atoms with Crippen molar-refractivity contribution in [1.82, 2.24) is 15.2 Å². The average molecular weight is 379 g/mol. The van der Waals surface area contributed by atoms with Gasteiger partial charge >= 0.3 is 0 Å². The van der Waals surface area contributed by atoms with Crippen LogP contribution in [0.2, 0.25) is 0 Å². The van der Waals surface area contributed by atoms with E-state index in [4.69, 9.17) is 4.74 Å². The van der Waals surface area contributed by atoms with Gasteiger partial charge in [-0.25, -0.2) is 0 Å². The van der Waals surface area contributed by atoms with Crippen LogP contribution >= 0.6 is 0 Å². The minimum atomic E-state index is -0.638. The van der Waals surface area contributed by atoms with Gasteiger partial charge in [0.15, 0.2) is 0 Å². The number of nitrogens with one attached hydrogen (secondary N) is 2. The molecule has 2 amide bonds. The number of aromatic amines is 1. The number of ether oxygens (including phenoxy) is 1. The zero-order valence-electron chi connectivity index (χ0n) is 16.1. The Labute approximate surface area is 163 Å². The molecule has 0 radical (unpaired) electrons. The van der Waals surface area contributed by atoms with Gasteiger partial charge in [-0.3, -0.25) is 9.59 Å². The number of aromatic nitrogens is 1. The molecule has 4 heterocycles. The molecule has 1 aromatic heterocycles. The number of hydrogen-bond donors (Lipinski definition) is 2. The van der Waals surface area contributed by atoms with Crippen LogP contribution in [-0.4, -0.2) is 52.5 Å². The molecule has 4 atom stereocenters. The van der Waals surface area contributed by atoms with Crippen molar-refractivity contribution in [3.05, 3.63) is 48.2 Å². The van der Waals surface area contributed by atoms with Crippen molar-refractivity contribution in [2.75, 3.05) is 13.1 Å². The maximum Gasteiger partial charge on any atom is 0.230 e. The monoisotopic (exact) mass is 379 g/mol. The molecule has 6 heteroatoms. The molecule has 0 unspecified atom stereocenters. The number of carbonyl (C=O) groups is 2. The summed E-state index contributed by atoms with van der Waals surface area (Å²) in [6.07, 6.45) is 6.46. The van der Waals surface area contributed by atoms with Crippen LogP contribution in [0.5, 0.6) is 0 Å². The fourth-order valence-corrected chi connectivity index (χ4v) is 5.04. The standard InChI is InChI=1S/C22H25N3O3/c1-13(2)24-20(26)18-17-7-9-22(28-17)12-25(21(27)19(18)22)10-8-14-11-23-16-6-4-3-5-15(14)16/h3-7,9,11,13,17-19,23H,8,10,12H2,1-2H3,(H,24,26)/t17-,18+,19-,22+/m1/s1. The zero-order chi connectivity index (χ0) is 19.5. The van der Waals surface area contributed by atoms with E-state index in [1.807, 2.05) is 49.2 Å². The molecular formula is C22H25N3O3. The van der Waals surface area contributed by atoms with Gasteiger partial charge in [0.25, 0.3) is 0 Å². The molecular weight excluding hydrogens is 354 g/mol. The summed E-state index contributed by atoms with van der Waals surface area (Å²) in [5, 5.41) is 4.15. The Hall–Kier alpha value is -2.60. The number of amides is 2. The number of carbonyl (C=O) groups excluding carboxylic acids is 2. The first kappa shape index (κ1) is 17.5. The molecule has 6 nitrogen and oxygen atoms in total. The van der Waals surface area contributed by atoms with Crippen LogP contribution in [0.3, 0.4) is 0 Å². The molecule has 146 valence electrons. The predicted octanol–water partition coefficient (Wildman–Crippen LogP) is 2.02. The highest BCUT2D eigenvalue weighted by molar-refractivity contribution is 5.93. The normalized spacial score (nSPS) is 30.6. The first-order chi connectivity index (χ1) is 13.5. The summed E-state index contributed by atoms with van der Waals surface area (Å²) < 4.78 is 6.17. The third-order valence-corrected chi connectivity index (χ3v) is 6.24. The number of hydrogen-bond acceptors (Lipinski definition) is 3. The summed E-state index contributed by atoms with van der Waals surface area (Å²) in [6, 6.07) is 8.23. The number of para-hydroxylation sites is 1. The van der Waals surface area contributed by atoms with Crippen molar-refractivity contribution in [3.8, 4) is 0 Å². The van der Waals surface area contributed by atoms with E-state index in [1.165, 1.54) is 10.9 Å². The summed E-state index contributed by atoms with van der Waals surface area (Å²) >= 11 is 0. The SMILES string of the molecule is CC(C)NC(=O)[C@H]1[C@H]2C=C[C@@]3(CN(CCc4c[nH]c5ccccc45)C(=O)[C@@H]13)O2. The lowest BCUT2D eigenvalue weighted by atomic mass is 9.76. The van der Waals surface area contributed by atoms with Crippen LogP contribution in [0.4, 0.5) is 0 Å². The van der Waals surface area contributed by atoms with E-state index in [1.54, 1.807) is 0 Å². The zero-order valence-corrected chi connectivity index (χ0v) is 16.1. The summed E-state index contributed by atoms with van der Waals surface area (Å²) in [5.74, 6) is -0.888. The molecule has 2 aromatic rings. The van der Waals surface area contributed by atoms with Gasteiger partial charge in [-0.05, 0) is 31.9 Å².